The zero-order valence-electron chi connectivity index (χ0n) is 11.7. The molecule has 0 radical (unpaired) electrons. The molecule has 0 fully saturated rings. The molecule has 1 rings (SSSR count). The van der Waals surface area contributed by atoms with Crippen LogP contribution < -0.4 is 5.32 Å². The number of esters is 1. The second-order valence-electron chi connectivity index (χ2n) is 4.05. The Morgan fingerprint density at radius 1 is 1.33 bits per heavy atom. The van der Waals surface area contributed by atoms with E-state index in [1.54, 1.807) is 11.8 Å². The Hall–Kier alpha value is -1.21. The number of ether oxygens (including phenoxy) is 2. The number of halogens is 1. The molecule has 1 aromatic carbocycles. The molecule has 1 N–H and O–H groups in total. The maximum Gasteiger partial charge on any atom is 0.408 e. The summed E-state index contributed by atoms with van der Waals surface area (Å²) in [5.74, 6) is 0.807. The van der Waals surface area contributed by atoms with Gasteiger partial charge in [0.15, 0.2) is 0 Å². The van der Waals surface area contributed by atoms with Crippen LogP contribution in [0.3, 0.4) is 0 Å². The molecular formula is C14H18BrNO4S. The van der Waals surface area contributed by atoms with Gasteiger partial charge in [-0.2, -0.15) is 11.8 Å². The zero-order valence-corrected chi connectivity index (χ0v) is 14.1. The van der Waals surface area contributed by atoms with Crippen LogP contribution in [0, 0.1) is 0 Å². The van der Waals surface area contributed by atoms with Gasteiger partial charge in [0.2, 0.25) is 0 Å². The van der Waals surface area contributed by atoms with Gasteiger partial charge < -0.3 is 14.8 Å². The van der Waals surface area contributed by atoms with Crippen LogP contribution in [0.25, 0.3) is 0 Å². The Balaban J connectivity index is 2.41. The van der Waals surface area contributed by atoms with Crippen molar-refractivity contribution < 1.29 is 19.1 Å². The molecule has 0 heterocycles. The summed E-state index contributed by atoms with van der Waals surface area (Å²) >= 11 is 4.85. The van der Waals surface area contributed by atoms with E-state index >= 15 is 0 Å². The minimum atomic E-state index is -0.706. The number of hydrogen-bond donors (Lipinski definition) is 1. The number of hydrogen-bond acceptors (Lipinski definition) is 5. The van der Waals surface area contributed by atoms with Crippen molar-refractivity contribution in [2.45, 2.75) is 12.6 Å². The number of benzene rings is 1. The SMILES string of the molecule is COC(=O)[C@H](CSCCBr)NC(=O)OCc1ccccc1. The molecule has 1 atom stereocenters. The topological polar surface area (TPSA) is 64.6 Å². The van der Waals surface area contributed by atoms with Gasteiger partial charge in [0.05, 0.1) is 7.11 Å². The van der Waals surface area contributed by atoms with Crippen LogP contribution in [0.4, 0.5) is 4.79 Å². The summed E-state index contributed by atoms with van der Waals surface area (Å²) in [6.45, 7) is 0.162. The third-order valence-electron chi connectivity index (χ3n) is 2.50. The van der Waals surface area contributed by atoms with E-state index in [-0.39, 0.29) is 6.61 Å². The highest BCUT2D eigenvalue weighted by Gasteiger charge is 2.22. The number of rotatable bonds is 8. The standard InChI is InChI=1S/C14H18BrNO4S/c1-19-13(17)12(10-21-8-7-15)16-14(18)20-9-11-5-3-2-4-6-11/h2-6,12H,7-10H2,1H3,(H,16,18)/t12-/m0/s1. The quantitative estimate of drug-likeness (QED) is 0.429. The fourth-order valence-electron chi connectivity index (χ4n) is 1.47. The van der Waals surface area contributed by atoms with Crippen molar-refractivity contribution in [1.82, 2.24) is 5.32 Å². The molecule has 7 heteroatoms. The first-order valence-electron chi connectivity index (χ1n) is 6.36. The van der Waals surface area contributed by atoms with Gasteiger partial charge in [-0.1, -0.05) is 46.3 Å². The van der Waals surface area contributed by atoms with Crippen LogP contribution in [0.15, 0.2) is 30.3 Å². The van der Waals surface area contributed by atoms with Crippen LogP contribution in [-0.4, -0.2) is 42.0 Å². The van der Waals surface area contributed by atoms with Crippen molar-refractivity contribution in [2.24, 2.45) is 0 Å². The van der Waals surface area contributed by atoms with Gasteiger partial charge in [-0.25, -0.2) is 9.59 Å². The number of amides is 1. The minimum absolute atomic E-state index is 0.162. The third-order valence-corrected chi connectivity index (χ3v) is 4.48. The Bertz CT molecular complexity index is 444. The number of methoxy groups -OCH3 is 1. The maximum atomic E-state index is 11.7. The number of carbonyl (C=O) groups is 2. The Morgan fingerprint density at radius 2 is 2.05 bits per heavy atom. The lowest BCUT2D eigenvalue weighted by Gasteiger charge is -2.16. The highest BCUT2D eigenvalue weighted by atomic mass is 79.9. The first-order chi connectivity index (χ1) is 10.2. The van der Waals surface area contributed by atoms with Crippen molar-refractivity contribution >= 4 is 39.8 Å². The minimum Gasteiger partial charge on any atom is -0.467 e. The van der Waals surface area contributed by atoms with Crippen LogP contribution in [-0.2, 0) is 20.9 Å². The summed E-state index contributed by atoms with van der Waals surface area (Å²) in [5, 5.41) is 3.35. The fraction of sp³-hybridized carbons (Fsp3) is 0.429. The van der Waals surface area contributed by atoms with Gasteiger partial charge in [0, 0.05) is 16.8 Å². The molecule has 0 saturated carbocycles. The summed E-state index contributed by atoms with van der Waals surface area (Å²) < 4.78 is 9.76. The molecule has 0 aromatic heterocycles. The molecule has 5 nitrogen and oxygen atoms in total. The van der Waals surface area contributed by atoms with Crippen molar-refractivity contribution in [1.29, 1.82) is 0 Å². The van der Waals surface area contributed by atoms with Crippen LogP contribution in [0.2, 0.25) is 0 Å². The van der Waals surface area contributed by atoms with E-state index < -0.39 is 18.1 Å². The molecule has 0 aliphatic rings. The largest absolute Gasteiger partial charge is 0.467 e. The first kappa shape index (κ1) is 17.8. The lowest BCUT2D eigenvalue weighted by atomic mass is 10.2. The van der Waals surface area contributed by atoms with Crippen LogP contribution >= 0.6 is 27.7 Å². The van der Waals surface area contributed by atoms with Crippen molar-refractivity contribution in [3.63, 3.8) is 0 Å². The third kappa shape index (κ3) is 7.38. The molecule has 0 spiro atoms. The van der Waals surface area contributed by atoms with Crippen molar-refractivity contribution in [3.8, 4) is 0 Å². The number of alkyl halides is 1. The number of carbonyl (C=O) groups excluding carboxylic acids is 2. The average Bonchev–Trinajstić information content (AvgIpc) is 2.52. The van der Waals surface area contributed by atoms with Gasteiger partial charge in [0.1, 0.15) is 12.6 Å². The predicted molar refractivity (Wildman–Crippen MR) is 86.7 cm³/mol. The average molecular weight is 376 g/mol. The highest BCUT2D eigenvalue weighted by Crippen LogP contribution is 2.06. The van der Waals surface area contributed by atoms with Gasteiger partial charge in [-0.3, -0.25) is 0 Å². The maximum absolute atomic E-state index is 11.7. The lowest BCUT2D eigenvalue weighted by molar-refractivity contribution is -0.142. The summed E-state index contributed by atoms with van der Waals surface area (Å²) in [5.41, 5.74) is 0.885. The van der Waals surface area contributed by atoms with E-state index in [2.05, 4.69) is 26.0 Å². The first-order valence-corrected chi connectivity index (χ1v) is 8.63. The molecule has 0 unspecified atom stereocenters. The molecule has 116 valence electrons. The number of alkyl carbamates (subject to hydrolysis) is 1. The molecule has 0 aliphatic heterocycles. The van der Waals surface area contributed by atoms with E-state index in [1.165, 1.54) is 7.11 Å². The molecule has 0 aliphatic carbocycles. The molecule has 1 amide bonds. The number of nitrogens with one attached hydrogen (secondary N) is 1. The van der Waals surface area contributed by atoms with E-state index in [0.717, 1.165) is 16.6 Å². The van der Waals surface area contributed by atoms with Gasteiger partial charge >= 0.3 is 12.1 Å². The van der Waals surface area contributed by atoms with Gasteiger partial charge in [-0.05, 0) is 5.56 Å². The van der Waals surface area contributed by atoms with E-state index in [4.69, 9.17) is 4.74 Å². The van der Waals surface area contributed by atoms with E-state index in [0.29, 0.717) is 5.75 Å². The fourth-order valence-corrected chi connectivity index (χ4v) is 2.89. The highest BCUT2D eigenvalue weighted by molar-refractivity contribution is 9.09. The Kier molecular flexibility index (Phi) is 8.93. The Morgan fingerprint density at radius 3 is 2.67 bits per heavy atom. The normalized spacial score (nSPS) is 11.5. The second kappa shape index (κ2) is 10.5. The van der Waals surface area contributed by atoms with Crippen LogP contribution in [0.5, 0.6) is 0 Å². The monoisotopic (exact) mass is 375 g/mol. The van der Waals surface area contributed by atoms with Crippen molar-refractivity contribution in [2.75, 3.05) is 23.9 Å². The summed E-state index contributed by atoms with van der Waals surface area (Å²) in [4.78, 5) is 23.3. The van der Waals surface area contributed by atoms with Gasteiger partial charge in [0.25, 0.3) is 0 Å². The molecule has 0 bridgehead atoms. The summed E-state index contributed by atoms with van der Waals surface area (Å²) in [7, 11) is 1.29. The van der Waals surface area contributed by atoms with Gasteiger partial charge in [-0.15, -0.1) is 0 Å². The second-order valence-corrected chi connectivity index (χ2v) is 5.99. The van der Waals surface area contributed by atoms with Crippen LogP contribution in [0.1, 0.15) is 5.56 Å². The summed E-state index contributed by atoms with van der Waals surface area (Å²) in [6.07, 6.45) is -0.631. The predicted octanol–water partition coefficient (Wildman–Crippen LogP) is 2.58. The van der Waals surface area contributed by atoms with Crippen molar-refractivity contribution in [3.05, 3.63) is 35.9 Å². The zero-order chi connectivity index (χ0) is 15.5. The molecule has 1 aromatic rings. The lowest BCUT2D eigenvalue weighted by Crippen LogP contribution is -2.43. The molecular weight excluding hydrogens is 358 g/mol. The molecule has 21 heavy (non-hydrogen) atoms. The van der Waals surface area contributed by atoms with E-state index in [1.807, 2.05) is 30.3 Å². The van der Waals surface area contributed by atoms with E-state index in [9.17, 15) is 9.59 Å². The summed E-state index contributed by atoms with van der Waals surface area (Å²) in [6, 6.07) is 8.63. The number of thioether (sulfide) groups is 1. The smallest absolute Gasteiger partial charge is 0.408 e. The molecule has 0 saturated heterocycles. The Labute approximate surface area is 136 Å².